The molecule has 2 heteroatoms. The molecular formula is C20H30O2. The number of allylic oxidation sites excluding steroid dienone is 5. The van der Waals surface area contributed by atoms with Crippen LogP contribution in [0.4, 0.5) is 0 Å². The molecule has 5 atom stereocenters. The molecule has 1 saturated heterocycles. The van der Waals surface area contributed by atoms with Crippen LogP contribution in [0.3, 0.4) is 0 Å². The van der Waals surface area contributed by atoms with Crippen molar-refractivity contribution in [2.24, 2.45) is 23.7 Å². The maximum Gasteiger partial charge on any atom is 0.161 e. The summed E-state index contributed by atoms with van der Waals surface area (Å²) in [7, 11) is 0. The first-order chi connectivity index (χ1) is 10.6. The number of ether oxygens (including phenoxy) is 1. The monoisotopic (exact) mass is 302 g/mol. The Kier molecular flexibility index (Phi) is 4.89. The second-order valence-electron chi connectivity index (χ2n) is 7.57. The van der Waals surface area contributed by atoms with Gasteiger partial charge in [0.05, 0.1) is 6.61 Å². The van der Waals surface area contributed by atoms with Gasteiger partial charge in [-0.25, -0.2) is 0 Å². The van der Waals surface area contributed by atoms with Crippen molar-refractivity contribution in [3.63, 3.8) is 0 Å². The molecular weight excluding hydrogens is 272 g/mol. The summed E-state index contributed by atoms with van der Waals surface area (Å²) in [6, 6.07) is 0. The lowest BCUT2D eigenvalue weighted by atomic mass is 9.74. The molecule has 0 radical (unpaired) electrons. The standard InChI is InChI=1S/C20H30O2/c1-13(2)6-4-7-14(3)17-11-10-15-8-5-9-16-12-22-20(21)19(16)18(15)17/h6-7,9,15,17-21H,4-5,8,10-12H2,1-3H3/b14-7-/t15?,17-,18-,19?,20+/m1/s1. The summed E-state index contributed by atoms with van der Waals surface area (Å²) in [6.45, 7) is 7.25. The highest BCUT2D eigenvalue weighted by Gasteiger charge is 2.48. The van der Waals surface area contributed by atoms with Crippen molar-refractivity contribution in [3.05, 3.63) is 34.9 Å². The molecule has 0 amide bonds. The summed E-state index contributed by atoms with van der Waals surface area (Å²) in [4.78, 5) is 0. The molecule has 1 heterocycles. The molecule has 0 aromatic heterocycles. The van der Waals surface area contributed by atoms with Crippen molar-refractivity contribution < 1.29 is 9.84 Å². The first-order valence-corrected chi connectivity index (χ1v) is 8.86. The molecule has 0 bridgehead atoms. The fraction of sp³-hybridized carbons (Fsp3) is 0.700. The minimum atomic E-state index is -0.581. The third kappa shape index (κ3) is 3.09. The first-order valence-electron chi connectivity index (χ1n) is 8.86. The predicted octanol–water partition coefficient (Wildman–Crippen LogP) is 4.62. The highest BCUT2D eigenvalue weighted by Crippen LogP contribution is 2.52. The molecule has 2 nitrogen and oxygen atoms in total. The van der Waals surface area contributed by atoms with E-state index in [0.717, 1.165) is 18.8 Å². The Bertz CT molecular complexity index is 496. The van der Waals surface area contributed by atoms with Crippen molar-refractivity contribution in [2.75, 3.05) is 6.61 Å². The SMILES string of the molecule is CC(C)=CC/C=C(/C)[C@H]1CCC2CCC=C3CO[C@H](O)C3[C@H]21. The lowest BCUT2D eigenvalue weighted by Gasteiger charge is -2.31. The Labute approximate surface area is 134 Å². The molecule has 0 aromatic rings. The van der Waals surface area contributed by atoms with Crippen LogP contribution in [0, 0.1) is 23.7 Å². The minimum absolute atomic E-state index is 0.242. The Morgan fingerprint density at radius 3 is 2.82 bits per heavy atom. The van der Waals surface area contributed by atoms with Gasteiger partial charge in [-0.2, -0.15) is 0 Å². The van der Waals surface area contributed by atoms with E-state index in [1.54, 1.807) is 0 Å². The third-order valence-electron chi connectivity index (χ3n) is 5.92. The van der Waals surface area contributed by atoms with Crippen LogP contribution < -0.4 is 0 Å². The summed E-state index contributed by atoms with van der Waals surface area (Å²) >= 11 is 0. The second-order valence-corrected chi connectivity index (χ2v) is 7.57. The van der Waals surface area contributed by atoms with E-state index in [4.69, 9.17) is 4.74 Å². The van der Waals surface area contributed by atoms with E-state index in [-0.39, 0.29) is 5.92 Å². The van der Waals surface area contributed by atoms with Gasteiger partial charge in [-0.3, -0.25) is 0 Å². The predicted molar refractivity (Wildman–Crippen MR) is 90.3 cm³/mol. The van der Waals surface area contributed by atoms with Crippen molar-refractivity contribution in [1.82, 2.24) is 0 Å². The van der Waals surface area contributed by atoms with Crippen LogP contribution in [0.1, 0.15) is 52.9 Å². The number of fused-ring (bicyclic) bond motifs is 3. The number of aliphatic hydroxyl groups excluding tert-OH is 1. The first kappa shape index (κ1) is 16.0. The summed E-state index contributed by atoms with van der Waals surface area (Å²) in [6.07, 6.45) is 12.5. The van der Waals surface area contributed by atoms with E-state index >= 15 is 0 Å². The lowest BCUT2D eigenvalue weighted by molar-refractivity contribution is -0.0981. The average Bonchev–Trinajstić information content (AvgIpc) is 2.97. The van der Waals surface area contributed by atoms with Gasteiger partial charge < -0.3 is 9.84 Å². The van der Waals surface area contributed by atoms with Crippen LogP contribution in [0.15, 0.2) is 34.9 Å². The van der Waals surface area contributed by atoms with Crippen molar-refractivity contribution >= 4 is 0 Å². The quantitative estimate of drug-likeness (QED) is 0.771. The van der Waals surface area contributed by atoms with E-state index in [1.165, 1.54) is 36.0 Å². The molecule has 0 spiro atoms. The lowest BCUT2D eigenvalue weighted by Crippen LogP contribution is -2.31. The smallest absolute Gasteiger partial charge is 0.161 e. The van der Waals surface area contributed by atoms with Crippen LogP contribution in [-0.4, -0.2) is 18.0 Å². The maximum absolute atomic E-state index is 10.4. The van der Waals surface area contributed by atoms with Crippen LogP contribution >= 0.6 is 0 Å². The second kappa shape index (κ2) is 6.72. The van der Waals surface area contributed by atoms with E-state index in [2.05, 4.69) is 39.0 Å². The highest BCUT2D eigenvalue weighted by molar-refractivity contribution is 5.21. The summed E-state index contributed by atoms with van der Waals surface area (Å²) in [5.74, 6) is 2.20. The highest BCUT2D eigenvalue weighted by atomic mass is 16.6. The van der Waals surface area contributed by atoms with Gasteiger partial charge in [0.2, 0.25) is 0 Å². The fourth-order valence-corrected chi connectivity index (χ4v) is 4.83. The van der Waals surface area contributed by atoms with Gasteiger partial charge in [0.25, 0.3) is 0 Å². The van der Waals surface area contributed by atoms with E-state index in [1.807, 2.05) is 0 Å². The molecule has 0 aromatic carbocycles. The molecule has 1 N–H and O–H groups in total. The van der Waals surface area contributed by atoms with Crippen molar-refractivity contribution in [1.29, 1.82) is 0 Å². The molecule has 2 fully saturated rings. The molecule has 22 heavy (non-hydrogen) atoms. The molecule has 2 unspecified atom stereocenters. The largest absolute Gasteiger partial charge is 0.367 e. The summed E-state index contributed by atoms with van der Waals surface area (Å²) in [5, 5.41) is 10.4. The zero-order chi connectivity index (χ0) is 15.7. The van der Waals surface area contributed by atoms with Gasteiger partial charge in [0.15, 0.2) is 6.29 Å². The number of hydrogen-bond acceptors (Lipinski definition) is 2. The summed E-state index contributed by atoms with van der Waals surface area (Å²) in [5.41, 5.74) is 4.27. The normalized spacial score (nSPS) is 38.1. The van der Waals surface area contributed by atoms with Gasteiger partial charge in [0.1, 0.15) is 0 Å². The minimum Gasteiger partial charge on any atom is -0.367 e. The number of hydrogen-bond donors (Lipinski definition) is 1. The van der Waals surface area contributed by atoms with Crippen molar-refractivity contribution in [2.45, 2.75) is 59.2 Å². The summed E-state index contributed by atoms with van der Waals surface area (Å²) < 4.78 is 5.56. The molecule has 1 saturated carbocycles. The number of aliphatic hydroxyl groups is 1. The number of rotatable bonds is 3. The third-order valence-corrected chi connectivity index (χ3v) is 5.92. The van der Waals surface area contributed by atoms with E-state index in [9.17, 15) is 5.11 Å². The van der Waals surface area contributed by atoms with Gasteiger partial charge in [-0.05, 0) is 76.2 Å². The maximum atomic E-state index is 10.4. The Morgan fingerprint density at radius 2 is 2.05 bits per heavy atom. The van der Waals surface area contributed by atoms with Gasteiger partial charge in [-0.15, -0.1) is 0 Å². The Hall–Kier alpha value is -0.860. The average molecular weight is 302 g/mol. The molecule has 1 aliphatic heterocycles. The van der Waals surface area contributed by atoms with Crippen LogP contribution in [-0.2, 0) is 4.74 Å². The molecule has 3 rings (SSSR count). The zero-order valence-electron chi connectivity index (χ0n) is 14.2. The zero-order valence-corrected chi connectivity index (χ0v) is 14.2. The Morgan fingerprint density at radius 1 is 1.23 bits per heavy atom. The van der Waals surface area contributed by atoms with Crippen LogP contribution in [0.2, 0.25) is 0 Å². The van der Waals surface area contributed by atoms with Gasteiger partial charge in [-0.1, -0.05) is 29.4 Å². The topological polar surface area (TPSA) is 29.5 Å². The van der Waals surface area contributed by atoms with Crippen LogP contribution in [0.5, 0.6) is 0 Å². The van der Waals surface area contributed by atoms with Gasteiger partial charge in [0, 0.05) is 5.92 Å². The van der Waals surface area contributed by atoms with E-state index < -0.39 is 6.29 Å². The molecule has 122 valence electrons. The fourth-order valence-electron chi connectivity index (χ4n) is 4.83. The van der Waals surface area contributed by atoms with Crippen LogP contribution in [0.25, 0.3) is 0 Å². The Balaban J connectivity index is 1.81. The van der Waals surface area contributed by atoms with Crippen molar-refractivity contribution in [3.8, 4) is 0 Å². The van der Waals surface area contributed by atoms with E-state index in [0.29, 0.717) is 18.4 Å². The molecule has 2 aliphatic carbocycles. The van der Waals surface area contributed by atoms with Gasteiger partial charge >= 0.3 is 0 Å². The molecule has 3 aliphatic rings.